The Kier molecular flexibility index (Phi) is 73.5. The van der Waals surface area contributed by atoms with Crippen LogP contribution in [0.3, 0.4) is 0 Å². The number of hydrogen-bond acceptors (Lipinski definition) is 5. The van der Waals surface area contributed by atoms with E-state index < -0.39 is 36.9 Å². The molecule has 0 bridgehead atoms. The summed E-state index contributed by atoms with van der Waals surface area (Å²) >= 11 is 0. The van der Waals surface area contributed by atoms with Crippen LogP contribution in [0.2, 0.25) is 0 Å². The maximum absolute atomic E-state index is 12.7. The zero-order chi connectivity index (χ0) is 62.2. The Bertz CT molecular complexity index is 1320. The molecule has 5 N–H and O–H groups in total. The molecule has 0 saturated carbocycles. The zero-order valence-corrected chi connectivity index (χ0v) is 58.6. The van der Waals surface area contributed by atoms with Gasteiger partial charge in [0.2, 0.25) is 5.91 Å². The van der Waals surface area contributed by atoms with Crippen LogP contribution in [0, 0.1) is 0 Å². The lowest BCUT2D eigenvalue weighted by atomic mass is 10.00. The normalized spacial score (nSPS) is 13.4. The predicted octanol–water partition coefficient (Wildman–Crippen LogP) is 25.2. The van der Waals surface area contributed by atoms with Crippen LogP contribution in [0.5, 0.6) is 0 Å². The second-order valence-corrected chi connectivity index (χ2v) is 27.8. The number of unbranched alkanes of at least 4 members (excludes halogenated alkanes) is 62. The van der Waals surface area contributed by atoms with Gasteiger partial charge in [0, 0.05) is 0 Å². The van der Waals surface area contributed by atoms with Crippen LogP contribution < -0.4 is 5.32 Å². The van der Waals surface area contributed by atoms with Crippen molar-refractivity contribution in [2.24, 2.45) is 0 Å². The molecule has 0 fully saturated rings. The molecular formula is C80H157NO5. The third kappa shape index (κ3) is 67.2. The molecule has 0 rings (SSSR count). The van der Waals surface area contributed by atoms with Gasteiger partial charge in [-0.1, -0.05) is 411 Å². The minimum atomic E-state index is -1.28. The van der Waals surface area contributed by atoms with Gasteiger partial charge in [0.15, 0.2) is 0 Å². The van der Waals surface area contributed by atoms with E-state index in [2.05, 4.69) is 43.5 Å². The first-order valence-electron chi connectivity index (χ1n) is 39.7. The van der Waals surface area contributed by atoms with E-state index >= 15 is 0 Å². The lowest BCUT2D eigenvalue weighted by molar-refractivity contribution is -0.132. The summed E-state index contributed by atoms with van der Waals surface area (Å²) in [6.07, 6.45) is 96.5. The van der Waals surface area contributed by atoms with E-state index in [-0.39, 0.29) is 0 Å². The Balaban J connectivity index is 3.51. The predicted molar refractivity (Wildman–Crippen MR) is 381 cm³/mol. The van der Waals surface area contributed by atoms with Gasteiger partial charge in [-0.3, -0.25) is 4.79 Å². The Morgan fingerprint density at radius 3 is 0.698 bits per heavy atom. The monoisotopic (exact) mass is 1210 g/mol. The molecule has 6 nitrogen and oxygen atoms in total. The van der Waals surface area contributed by atoms with Crippen molar-refractivity contribution >= 4 is 5.91 Å². The highest BCUT2D eigenvalue weighted by Gasteiger charge is 2.28. The largest absolute Gasteiger partial charge is 0.394 e. The van der Waals surface area contributed by atoms with Crippen LogP contribution in [0.25, 0.3) is 0 Å². The number of rotatable bonds is 75. The van der Waals surface area contributed by atoms with E-state index in [1.54, 1.807) is 0 Å². The summed E-state index contributed by atoms with van der Waals surface area (Å²) in [7, 11) is 0. The minimum absolute atomic E-state index is 0.367. The summed E-state index contributed by atoms with van der Waals surface area (Å²) in [6.45, 7) is 4.11. The van der Waals surface area contributed by atoms with Crippen molar-refractivity contribution < 1.29 is 25.2 Å². The second kappa shape index (κ2) is 74.5. The maximum Gasteiger partial charge on any atom is 0.249 e. The average Bonchev–Trinajstić information content (AvgIpc) is 3.73. The number of hydrogen-bond donors (Lipinski definition) is 5. The summed E-state index contributed by atoms with van der Waals surface area (Å²) in [5, 5.41) is 44.3. The molecule has 6 heteroatoms. The highest BCUT2D eigenvalue weighted by molar-refractivity contribution is 5.80. The van der Waals surface area contributed by atoms with Crippen LogP contribution in [0.4, 0.5) is 0 Å². The summed E-state index contributed by atoms with van der Waals surface area (Å²) in [6, 6.07) is -1.00. The molecule has 0 saturated heterocycles. The molecule has 0 aromatic carbocycles. The van der Waals surface area contributed by atoms with Gasteiger partial charge < -0.3 is 25.7 Å². The Hall–Kier alpha value is -1.21. The number of allylic oxidation sites excluding steroid dienone is 4. The maximum atomic E-state index is 12.7. The van der Waals surface area contributed by atoms with E-state index in [1.165, 1.54) is 385 Å². The summed E-state index contributed by atoms with van der Waals surface area (Å²) in [5.41, 5.74) is 0. The van der Waals surface area contributed by atoms with Crippen LogP contribution in [0.15, 0.2) is 24.3 Å². The number of carbonyl (C=O) groups is 1. The van der Waals surface area contributed by atoms with Crippen LogP contribution >= 0.6 is 0 Å². The second-order valence-electron chi connectivity index (χ2n) is 27.8. The van der Waals surface area contributed by atoms with E-state index in [0.29, 0.717) is 12.8 Å². The van der Waals surface area contributed by atoms with E-state index in [9.17, 15) is 25.2 Å². The molecule has 4 unspecified atom stereocenters. The molecule has 0 aliphatic heterocycles. The Labute approximate surface area is 539 Å². The van der Waals surface area contributed by atoms with E-state index in [0.717, 1.165) is 38.5 Å². The fourth-order valence-corrected chi connectivity index (χ4v) is 13.0. The highest BCUT2D eigenvalue weighted by Crippen LogP contribution is 2.20. The quantitative estimate of drug-likeness (QED) is 0.0308. The topological polar surface area (TPSA) is 110 Å². The van der Waals surface area contributed by atoms with Crippen LogP contribution in [-0.4, -0.2) is 57.3 Å². The summed E-state index contributed by atoms with van der Waals surface area (Å²) < 4.78 is 0. The fraction of sp³-hybridized carbons (Fsp3) is 0.938. The Morgan fingerprint density at radius 1 is 0.279 bits per heavy atom. The number of aliphatic hydroxyl groups is 4. The molecule has 4 atom stereocenters. The zero-order valence-electron chi connectivity index (χ0n) is 58.6. The number of aliphatic hydroxyl groups excluding tert-OH is 4. The standard InChI is InChI=1S/C80H157NO5/c1-3-5-7-9-11-13-15-17-19-21-23-25-27-29-31-33-35-37-38-39-40-41-42-44-46-48-50-52-54-56-58-60-62-64-66-68-70-72-74-78(84)80(86)81-76(75-82)79(85)77(83)73-71-69-67-65-63-61-59-57-55-53-51-49-47-45-43-36-34-32-30-28-26-24-22-20-18-16-14-12-10-8-6-4-2/h39-40,65,67,76-79,82-85H,3-38,41-64,66,68-75H2,1-2H3,(H,81,86)/b40-39-,67-65+. The molecule has 0 spiro atoms. The lowest BCUT2D eigenvalue weighted by Crippen LogP contribution is -2.53. The van der Waals surface area contributed by atoms with Gasteiger partial charge in [-0.2, -0.15) is 0 Å². The van der Waals surface area contributed by atoms with Crippen LogP contribution in [0.1, 0.15) is 450 Å². The molecule has 0 aliphatic carbocycles. The molecule has 0 radical (unpaired) electrons. The Morgan fingerprint density at radius 2 is 0.477 bits per heavy atom. The van der Waals surface area contributed by atoms with Crippen molar-refractivity contribution in [3.63, 3.8) is 0 Å². The highest BCUT2D eigenvalue weighted by atomic mass is 16.3. The minimum Gasteiger partial charge on any atom is -0.394 e. The molecule has 512 valence electrons. The molecule has 86 heavy (non-hydrogen) atoms. The van der Waals surface area contributed by atoms with Crippen molar-refractivity contribution in [2.45, 2.75) is 475 Å². The first kappa shape index (κ1) is 84.8. The summed E-state index contributed by atoms with van der Waals surface area (Å²) in [4.78, 5) is 12.7. The van der Waals surface area contributed by atoms with Crippen molar-refractivity contribution in [3.8, 4) is 0 Å². The van der Waals surface area contributed by atoms with Gasteiger partial charge in [0.1, 0.15) is 12.2 Å². The first-order chi connectivity index (χ1) is 42.5. The van der Waals surface area contributed by atoms with E-state index in [4.69, 9.17) is 0 Å². The molecular weight excluding hydrogens is 1050 g/mol. The number of amides is 1. The van der Waals surface area contributed by atoms with Crippen molar-refractivity contribution in [1.29, 1.82) is 0 Å². The van der Waals surface area contributed by atoms with Gasteiger partial charge in [-0.25, -0.2) is 0 Å². The lowest BCUT2D eigenvalue weighted by Gasteiger charge is -2.27. The molecule has 0 heterocycles. The van der Waals surface area contributed by atoms with Crippen LogP contribution in [-0.2, 0) is 4.79 Å². The molecule has 1 amide bonds. The molecule has 0 aromatic heterocycles. The van der Waals surface area contributed by atoms with E-state index in [1.807, 2.05) is 0 Å². The number of carbonyl (C=O) groups excluding carboxylic acids is 1. The van der Waals surface area contributed by atoms with Crippen molar-refractivity contribution in [2.75, 3.05) is 6.61 Å². The average molecular weight is 1210 g/mol. The van der Waals surface area contributed by atoms with Crippen molar-refractivity contribution in [3.05, 3.63) is 24.3 Å². The molecule has 0 aliphatic rings. The van der Waals surface area contributed by atoms with Gasteiger partial charge in [-0.15, -0.1) is 0 Å². The number of nitrogens with one attached hydrogen (secondary N) is 1. The molecule has 0 aromatic rings. The third-order valence-electron chi connectivity index (χ3n) is 19.1. The fourth-order valence-electron chi connectivity index (χ4n) is 13.0. The smallest absolute Gasteiger partial charge is 0.249 e. The van der Waals surface area contributed by atoms with Gasteiger partial charge in [0.05, 0.1) is 18.8 Å². The SMILES string of the molecule is CCCCCCCCCCCCCCCCCCCC/C=C\CCCCCCCCCCCCCCCCCCC(O)C(=O)NC(CO)C(O)C(O)CCC/C=C/CCCCCCCCCCCCCCCCCCCCCCCCCCCCC. The third-order valence-corrected chi connectivity index (χ3v) is 19.1. The van der Waals surface area contributed by atoms with Gasteiger partial charge in [0.25, 0.3) is 0 Å². The first-order valence-corrected chi connectivity index (χ1v) is 39.7. The van der Waals surface area contributed by atoms with Crippen molar-refractivity contribution in [1.82, 2.24) is 5.32 Å². The van der Waals surface area contributed by atoms with Gasteiger partial charge >= 0.3 is 0 Å². The van der Waals surface area contributed by atoms with Gasteiger partial charge in [-0.05, 0) is 64.2 Å². The summed E-state index contributed by atoms with van der Waals surface area (Å²) in [5.74, 6) is -0.585.